The third kappa shape index (κ3) is 3.97. The summed E-state index contributed by atoms with van der Waals surface area (Å²) < 4.78 is 6.97. The number of benzene rings is 2. The third-order valence-corrected chi connectivity index (χ3v) is 5.57. The van der Waals surface area contributed by atoms with Gasteiger partial charge in [-0.1, -0.05) is 58.9 Å². The predicted octanol–water partition coefficient (Wildman–Crippen LogP) is 4.89. The van der Waals surface area contributed by atoms with Crippen molar-refractivity contribution < 1.29 is 4.52 Å². The summed E-state index contributed by atoms with van der Waals surface area (Å²) in [5.74, 6) is 1.38. The molecule has 2 aromatic heterocycles. The van der Waals surface area contributed by atoms with E-state index < -0.39 is 0 Å². The Kier molecular flexibility index (Phi) is 5.51. The predicted molar refractivity (Wildman–Crippen MR) is 115 cm³/mol. The number of thioether (sulfide) groups is 1. The van der Waals surface area contributed by atoms with Crippen molar-refractivity contribution in [2.75, 3.05) is 0 Å². The number of nitrogens with zero attached hydrogens (tertiary/aromatic N) is 4. The van der Waals surface area contributed by atoms with E-state index in [1.165, 1.54) is 11.8 Å². The number of fused-ring (bicyclic) bond motifs is 1. The maximum absolute atomic E-state index is 12.9. The highest BCUT2D eigenvalue weighted by Crippen LogP contribution is 2.25. The lowest BCUT2D eigenvalue weighted by Gasteiger charge is -2.10. The fourth-order valence-electron chi connectivity index (χ4n) is 2.95. The molecule has 0 saturated heterocycles. The molecule has 2 aromatic carbocycles. The molecular weight excluding hydrogens is 408 g/mol. The third-order valence-electron chi connectivity index (χ3n) is 4.37. The highest BCUT2D eigenvalue weighted by atomic mass is 35.5. The number of aryl methyl sites for hydroxylation is 1. The summed E-state index contributed by atoms with van der Waals surface area (Å²) in [4.78, 5) is 21.9. The molecule has 2 heterocycles. The Morgan fingerprint density at radius 3 is 2.86 bits per heavy atom. The molecule has 0 fully saturated rings. The average Bonchev–Trinajstić information content (AvgIpc) is 3.18. The van der Waals surface area contributed by atoms with E-state index in [0.717, 1.165) is 11.1 Å². The summed E-state index contributed by atoms with van der Waals surface area (Å²) in [6, 6.07) is 12.9. The van der Waals surface area contributed by atoms with Crippen molar-refractivity contribution in [1.29, 1.82) is 0 Å². The van der Waals surface area contributed by atoms with Gasteiger partial charge in [-0.25, -0.2) is 4.98 Å². The second-order valence-corrected chi connectivity index (χ2v) is 7.75. The first-order valence-corrected chi connectivity index (χ1v) is 10.3. The van der Waals surface area contributed by atoms with Crippen molar-refractivity contribution in [3.05, 3.63) is 82.0 Å². The van der Waals surface area contributed by atoms with Gasteiger partial charge < -0.3 is 4.52 Å². The van der Waals surface area contributed by atoms with Crippen LogP contribution in [0.5, 0.6) is 0 Å². The molecule has 0 atom stereocenters. The molecule has 0 amide bonds. The lowest BCUT2D eigenvalue weighted by atomic mass is 10.1. The lowest BCUT2D eigenvalue weighted by molar-refractivity contribution is 0.391. The summed E-state index contributed by atoms with van der Waals surface area (Å²) in [7, 11) is 0. The van der Waals surface area contributed by atoms with E-state index in [1.54, 1.807) is 28.8 Å². The zero-order valence-electron chi connectivity index (χ0n) is 15.6. The van der Waals surface area contributed by atoms with Crippen molar-refractivity contribution in [1.82, 2.24) is 19.7 Å². The summed E-state index contributed by atoms with van der Waals surface area (Å²) in [5, 5.41) is 5.66. The molecule has 0 aliphatic rings. The maximum atomic E-state index is 12.9. The van der Waals surface area contributed by atoms with Gasteiger partial charge in [0.1, 0.15) is 0 Å². The highest BCUT2D eigenvalue weighted by molar-refractivity contribution is 7.98. The molecule has 29 heavy (non-hydrogen) atoms. The van der Waals surface area contributed by atoms with E-state index >= 15 is 0 Å². The van der Waals surface area contributed by atoms with Crippen molar-refractivity contribution in [3.8, 4) is 11.4 Å². The van der Waals surface area contributed by atoms with Crippen LogP contribution in [0.4, 0.5) is 0 Å². The fraction of sp³-hybridized carbons (Fsp3) is 0.143. The van der Waals surface area contributed by atoms with Gasteiger partial charge in [-0.2, -0.15) is 4.98 Å². The largest absolute Gasteiger partial charge is 0.338 e. The van der Waals surface area contributed by atoms with Crippen LogP contribution in [-0.2, 0) is 12.3 Å². The molecule has 0 spiro atoms. The van der Waals surface area contributed by atoms with Crippen molar-refractivity contribution in [2.45, 2.75) is 24.4 Å². The van der Waals surface area contributed by atoms with Crippen LogP contribution < -0.4 is 5.56 Å². The number of hydrogen-bond donors (Lipinski definition) is 0. The highest BCUT2D eigenvalue weighted by Gasteiger charge is 2.15. The monoisotopic (exact) mass is 424 g/mol. The molecule has 0 bridgehead atoms. The molecule has 0 N–H and O–H groups in total. The standard InChI is InChI=1S/C21H17ClN4O2S/c1-3-10-26-20(27)16-9-8-14(22)11-17(16)23-21(26)29-12-18-24-19(25-28-18)15-7-5-4-6-13(15)2/h3-9,11H,1,10,12H2,2H3. The molecule has 0 aliphatic carbocycles. The fourth-order valence-corrected chi connectivity index (χ4v) is 3.96. The first-order valence-electron chi connectivity index (χ1n) is 8.89. The molecule has 146 valence electrons. The van der Waals surface area contributed by atoms with Crippen molar-refractivity contribution in [2.24, 2.45) is 0 Å². The maximum Gasteiger partial charge on any atom is 0.262 e. The zero-order valence-corrected chi connectivity index (χ0v) is 17.2. The number of rotatable bonds is 6. The van der Waals surface area contributed by atoms with E-state index in [1.807, 2.05) is 31.2 Å². The Hall–Kier alpha value is -2.90. The quantitative estimate of drug-likeness (QED) is 0.249. The van der Waals surface area contributed by atoms with E-state index in [9.17, 15) is 4.79 Å². The number of halogens is 1. The molecule has 4 rings (SSSR count). The molecule has 4 aromatic rings. The van der Waals surface area contributed by atoms with Crippen LogP contribution in [0.3, 0.4) is 0 Å². The first kappa shape index (κ1) is 19.4. The SMILES string of the molecule is C=CCn1c(SCc2nc(-c3ccccc3C)no2)nc2cc(Cl)ccc2c1=O. The Labute approximate surface area is 176 Å². The second kappa shape index (κ2) is 8.23. The van der Waals surface area contributed by atoms with E-state index in [-0.39, 0.29) is 5.56 Å². The Morgan fingerprint density at radius 1 is 1.24 bits per heavy atom. The minimum Gasteiger partial charge on any atom is -0.338 e. The first-order chi connectivity index (χ1) is 14.1. The van der Waals surface area contributed by atoms with Gasteiger partial charge in [-0.3, -0.25) is 9.36 Å². The molecular formula is C21H17ClN4O2S. The molecule has 0 aliphatic heterocycles. The topological polar surface area (TPSA) is 73.8 Å². The van der Waals surface area contributed by atoms with Gasteiger partial charge in [0.2, 0.25) is 11.7 Å². The Bertz CT molecular complexity index is 1270. The number of aromatic nitrogens is 4. The van der Waals surface area contributed by atoms with Gasteiger partial charge in [-0.05, 0) is 30.7 Å². The molecule has 8 heteroatoms. The van der Waals surface area contributed by atoms with Gasteiger partial charge in [0.15, 0.2) is 5.16 Å². The Balaban J connectivity index is 1.64. The van der Waals surface area contributed by atoms with Gasteiger partial charge in [-0.15, -0.1) is 6.58 Å². The zero-order chi connectivity index (χ0) is 20.4. The normalized spacial score (nSPS) is 11.1. The molecule has 0 unspecified atom stereocenters. The number of allylic oxidation sites excluding steroid dienone is 1. The molecule has 0 saturated carbocycles. The van der Waals surface area contributed by atoms with Gasteiger partial charge >= 0.3 is 0 Å². The van der Waals surface area contributed by atoms with Crippen LogP contribution >= 0.6 is 23.4 Å². The van der Waals surface area contributed by atoms with E-state index in [4.69, 9.17) is 16.1 Å². The van der Waals surface area contributed by atoms with Crippen LogP contribution in [0.2, 0.25) is 5.02 Å². The van der Waals surface area contributed by atoms with Gasteiger partial charge in [0.05, 0.1) is 16.7 Å². The van der Waals surface area contributed by atoms with Crippen molar-refractivity contribution >= 4 is 34.3 Å². The summed E-state index contributed by atoms with van der Waals surface area (Å²) in [6.07, 6.45) is 1.66. The van der Waals surface area contributed by atoms with Crippen LogP contribution in [0.1, 0.15) is 11.5 Å². The molecule has 0 radical (unpaired) electrons. The average molecular weight is 425 g/mol. The number of hydrogen-bond acceptors (Lipinski definition) is 6. The minimum absolute atomic E-state index is 0.139. The molecule has 6 nitrogen and oxygen atoms in total. The van der Waals surface area contributed by atoms with Crippen LogP contribution in [0.25, 0.3) is 22.3 Å². The second-order valence-electron chi connectivity index (χ2n) is 6.38. The lowest BCUT2D eigenvalue weighted by Crippen LogP contribution is -2.22. The van der Waals surface area contributed by atoms with Gasteiger partial charge in [0, 0.05) is 17.1 Å². The summed E-state index contributed by atoms with van der Waals surface area (Å²) >= 11 is 7.42. The van der Waals surface area contributed by atoms with E-state index in [0.29, 0.717) is 45.1 Å². The van der Waals surface area contributed by atoms with Crippen molar-refractivity contribution in [3.63, 3.8) is 0 Å². The van der Waals surface area contributed by atoms with Crippen LogP contribution in [-0.4, -0.2) is 19.7 Å². The van der Waals surface area contributed by atoms with Crippen LogP contribution in [0, 0.1) is 6.92 Å². The summed E-state index contributed by atoms with van der Waals surface area (Å²) in [5.41, 5.74) is 2.41. The van der Waals surface area contributed by atoms with Crippen LogP contribution in [0.15, 0.2) is 69.6 Å². The smallest absolute Gasteiger partial charge is 0.262 e. The van der Waals surface area contributed by atoms with Gasteiger partial charge in [0.25, 0.3) is 5.56 Å². The van der Waals surface area contributed by atoms with E-state index in [2.05, 4.69) is 21.7 Å². The Morgan fingerprint density at radius 2 is 2.07 bits per heavy atom. The summed E-state index contributed by atoms with van der Waals surface area (Å²) in [6.45, 7) is 6.09. The minimum atomic E-state index is -0.139.